The van der Waals surface area contributed by atoms with Crippen LogP contribution >= 0.6 is 0 Å². The lowest BCUT2D eigenvalue weighted by Gasteiger charge is -2.27. The molecule has 0 radical (unpaired) electrons. The van der Waals surface area contributed by atoms with E-state index >= 15 is 0 Å². The minimum absolute atomic E-state index is 0.693. The first-order chi connectivity index (χ1) is 7.28. The number of hydrogen-bond donors (Lipinski definition) is 1. The molecule has 1 atom stereocenters. The molecule has 2 nitrogen and oxygen atoms in total. The van der Waals surface area contributed by atoms with Crippen molar-refractivity contribution in [2.45, 2.75) is 59.4 Å². The fraction of sp³-hybridized carbons (Fsp3) is 1.00. The molecule has 0 fully saturated rings. The number of likely N-dealkylation sites (N-methyl/N-ethyl adjacent to an activating group) is 1. The molecule has 0 rings (SSSR count). The predicted molar refractivity (Wildman–Crippen MR) is 69.4 cm³/mol. The van der Waals surface area contributed by atoms with E-state index < -0.39 is 0 Å². The Morgan fingerprint density at radius 2 is 1.53 bits per heavy atom. The smallest absolute Gasteiger partial charge is 0.0194 e. The van der Waals surface area contributed by atoms with Crippen LogP contribution in [0.15, 0.2) is 0 Å². The van der Waals surface area contributed by atoms with Gasteiger partial charge in [-0.1, -0.05) is 34.1 Å². The maximum Gasteiger partial charge on any atom is 0.0194 e. The standard InChI is InChI=1S/C13H30N2/c1-5-9-13(14-8-4)12-15(10-6-2)11-7-3/h13-14H,5-12H2,1-4H3. The van der Waals surface area contributed by atoms with Gasteiger partial charge in [0.05, 0.1) is 0 Å². The van der Waals surface area contributed by atoms with E-state index in [0.29, 0.717) is 6.04 Å². The molecule has 0 saturated carbocycles. The highest BCUT2D eigenvalue weighted by Gasteiger charge is 2.10. The van der Waals surface area contributed by atoms with Crippen LogP contribution in [0.4, 0.5) is 0 Å². The van der Waals surface area contributed by atoms with Gasteiger partial charge in [-0.3, -0.25) is 0 Å². The van der Waals surface area contributed by atoms with Crippen molar-refractivity contribution >= 4 is 0 Å². The van der Waals surface area contributed by atoms with Gasteiger partial charge >= 0.3 is 0 Å². The van der Waals surface area contributed by atoms with E-state index in [-0.39, 0.29) is 0 Å². The first kappa shape index (κ1) is 14.9. The summed E-state index contributed by atoms with van der Waals surface area (Å²) >= 11 is 0. The van der Waals surface area contributed by atoms with Crippen molar-refractivity contribution in [1.29, 1.82) is 0 Å². The Labute approximate surface area is 96.4 Å². The molecule has 0 heterocycles. The van der Waals surface area contributed by atoms with Crippen LogP contribution in [0.1, 0.15) is 53.4 Å². The summed E-state index contributed by atoms with van der Waals surface area (Å²) in [7, 11) is 0. The third-order valence-electron chi connectivity index (χ3n) is 2.69. The van der Waals surface area contributed by atoms with Gasteiger partial charge in [0.2, 0.25) is 0 Å². The molecule has 0 amide bonds. The largest absolute Gasteiger partial charge is 0.313 e. The average Bonchev–Trinajstić information content (AvgIpc) is 2.19. The molecule has 0 aromatic carbocycles. The first-order valence-corrected chi connectivity index (χ1v) is 6.74. The molecule has 0 aliphatic carbocycles. The summed E-state index contributed by atoms with van der Waals surface area (Å²) in [6.45, 7) is 13.8. The van der Waals surface area contributed by atoms with Crippen molar-refractivity contribution in [2.75, 3.05) is 26.2 Å². The van der Waals surface area contributed by atoms with Crippen LogP contribution in [0.25, 0.3) is 0 Å². The van der Waals surface area contributed by atoms with Crippen molar-refractivity contribution < 1.29 is 0 Å². The van der Waals surface area contributed by atoms with Gasteiger partial charge in [0.15, 0.2) is 0 Å². The van der Waals surface area contributed by atoms with E-state index in [9.17, 15) is 0 Å². The SMILES string of the molecule is CCCC(CN(CCC)CCC)NCC. The number of nitrogens with zero attached hydrogens (tertiary/aromatic N) is 1. The summed E-state index contributed by atoms with van der Waals surface area (Å²) in [5.41, 5.74) is 0. The molecule has 1 N–H and O–H groups in total. The zero-order valence-electron chi connectivity index (χ0n) is 11.2. The topological polar surface area (TPSA) is 15.3 Å². The lowest BCUT2D eigenvalue weighted by atomic mass is 10.1. The summed E-state index contributed by atoms with van der Waals surface area (Å²) in [5, 5.41) is 3.59. The normalized spacial score (nSPS) is 13.4. The fourth-order valence-electron chi connectivity index (χ4n) is 2.13. The van der Waals surface area contributed by atoms with Gasteiger partial charge in [0.1, 0.15) is 0 Å². The second kappa shape index (κ2) is 10.4. The van der Waals surface area contributed by atoms with E-state index in [2.05, 4.69) is 37.9 Å². The Hall–Kier alpha value is -0.0800. The zero-order chi connectivity index (χ0) is 11.5. The molecule has 92 valence electrons. The molecular formula is C13H30N2. The molecule has 0 aliphatic heterocycles. The second-order valence-electron chi connectivity index (χ2n) is 4.34. The van der Waals surface area contributed by atoms with Crippen LogP contribution in [0.2, 0.25) is 0 Å². The number of rotatable bonds is 10. The maximum atomic E-state index is 3.59. The third-order valence-corrected chi connectivity index (χ3v) is 2.69. The van der Waals surface area contributed by atoms with Gasteiger partial charge in [-0.25, -0.2) is 0 Å². The van der Waals surface area contributed by atoms with E-state index in [4.69, 9.17) is 0 Å². The summed E-state index contributed by atoms with van der Waals surface area (Å²) in [6, 6.07) is 0.693. The minimum atomic E-state index is 0.693. The lowest BCUT2D eigenvalue weighted by molar-refractivity contribution is 0.237. The van der Waals surface area contributed by atoms with Crippen molar-refractivity contribution in [3.63, 3.8) is 0 Å². The van der Waals surface area contributed by atoms with E-state index in [1.54, 1.807) is 0 Å². The quantitative estimate of drug-likeness (QED) is 0.601. The molecule has 0 aromatic rings. The highest BCUT2D eigenvalue weighted by Crippen LogP contribution is 2.02. The van der Waals surface area contributed by atoms with Gasteiger partial charge < -0.3 is 10.2 Å². The lowest BCUT2D eigenvalue weighted by Crippen LogP contribution is -2.41. The van der Waals surface area contributed by atoms with Crippen LogP contribution in [-0.4, -0.2) is 37.1 Å². The summed E-state index contributed by atoms with van der Waals surface area (Å²) in [4.78, 5) is 2.60. The second-order valence-corrected chi connectivity index (χ2v) is 4.34. The van der Waals surface area contributed by atoms with Gasteiger partial charge in [-0.05, 0) is 38.9 Å². The molecule has 2 heteroatoms. The van der Waals surface area contributed by atoms with E-state index in [1.165, 1.54) is 45.3 Å². The molecule has 0 spiro atoms. The predicted octanol–water partition coefficient (Wildman–Crippen LogP) is 2.89. The summed E-state index contributed by atoms with van der Waals surface area (Å²) in [6.07, 6.45) is 5.12. The van der Waals surface area contributed by atoms with Gasteiger partial charge in [0, 0.05) is 12.6 Å². The summed E-state index contributed by atoms with van der Waals surface area (Å²) < 4.78 is 0. The van der Waals surface area contributed by atoms with Crippen LogP contribution in [0, 0.1) is 0 Å². The van der Waals surface area contributed by atoms with Crippen molar-refractivity contribution in [3.05, 3.63) is 0 Å². The van der Waals surface area contributed by atoms with E-state index in [1.807, 2.05) is 0 Å². The Kier molecular flexibility index (Phi) is 10.4. The van der Waals surface area contributed by atoms with Crippen LogP contribution in [0.5, 0.6) is 0 Å². The molecule has 15 heavy (non-hydrogen) atoms. The maximum absolute atomic E-state index is 3.59. The Morgan fingerprint density at radius 3 is 1.93 bits per heavy atom. The zero-order valence-corrected chi connectivity index (χ0v) is 11.2. The third kappa shape index (κ3) is 7.80. The van der Waals surface area contributed by atoms with Crippen LogP contribution in [0.3, 0.4) is 0 Å². The molecule has 1 unspecified atom stereocenters. The molecule has 0 saturated heterocycles. The highest BCUT2D eigenvalue weighted by atomic mass is 15.1. The highest BCUT2D eigenvalue weighted by molar-refractivity contribution is 4.71. The Balaban J connectivity index is 3.93. The first-order valence-electron chi connectivity index (χ1n) is 6.74. The Morgan fingerprint density at radius 1 is 0.933 bits per heavy atom. The minimum Gasteiger partial charge on any atom is -0.313 e. The van der Waals surface area contributed by atoms with Gasteiger partial charge in [-0.15, -0.1) is 0 Å². The molecule has 0 aliphatic rings. The average molecular weight is 214 g/mol. The molecular weight excluding hydrogens is 184 g/mol. The van der Waals surface area contributed by atoms with Crippen molar-refractivity contribution in [1.82, 2.24) is 10.2 Å². The fourth-order valence-corrected chi connectivity index (χ4v) is 2.13. The van der Waals surface area contributed by atoms with E-state index in [0.717, 1.165) is 6.54 Å². The van der Waals surface area contributed by atoms with Gasteiger partial charge in [-0.2, -0.15) is 0 Å². The molecule has 0 aromatic heterocycles. The van der Waals surface area contributed by atoms with Crippen LogP contribution < -0.4 is 5.32 Å². The Bertz CT molecular complexity index is 99.7. The monoisotopic (exact) mass is 214 g/mol. The number of hydrogen-bond acceptors (Lipinski definition) is 2. The van der Waals surface area contributed by atoms with Crippen molar-refractivity contribution in [2.24, 2.45) is 0 Å². The molecule has 0 bridgehead atoms. The summed E-state index contributed by atoms with van der Waals surface area (Å²) in [5.74, 6) is 0. The number of nitrogens with one attached hydrogen (secondary N) is 1. The van der Waals surface area contributed by atoms with Crippen molar-refractivity contribution in [3.8, 4) is 0 Å². The van der Waals surface area contributed by atoms with Crippen LogP contribution in [-0.2, 0) is 0 Å². The van der Waals surface area contributed by atoms with Gasteiger partial charge in [0.25, 0.3) is 0 Å².